The number of esters is 1. The zero-order valence-corrected chi connectivity index (χ0v) is 12.0. The molecule has 1 aliphatic rings. The first kappa shape index (κ1) is 14.1. The van der Waals surface area contributed by atoms with E-state index in [1.165, 1.54) is 0 Å². The number of rotatable bonds is 2. The van der Waals surface area contributed by atoms with Gasteiger partial charge >= 0.3 is 5.97 Å². The molecule has 106 valence electrons. The molecule has 5 heteroatoms. The smallest absolute Gasteiger partial charge is 0.363 e. The van der Waals surface area contributed by atoms with Crippen molar-refractivity contribution < 1.29 is 9.53 Å². The lowest BCUT2D eigenvalue weighted by atomic mass is 10.1. The molecule has 2 aromatic carbocycles. The van der Waals surface area contributed by atoms with Crippen molar-refractivity contribution >= 4 is 29.5 Å². The van der Waals surface area contributed by atoms with Crippen LogP contribution >= 0.6 is 11.6 Å². The first-order valence-electron chi connectivity index (χ1n) is 6.45. The summed E-state index contributed by atoms with van der Waals surface area (Å²) in [6, 6.07) is 15.9. The molecule has 0 spiro atoms. The molecule has 0 bridgehead atoms. The molecule has 0 radical (unpaired) electrons. The maximum atomic E-state index is 11.9. The predicted molar refractivity (Wildman–Crippen MR) is 83.2 cm³/mol. The molecule has 1 aliphatic heterocycles. The van der Waals surface area contributed by atoms with E-state index >= 15 is 0 Å². The van der Waals surface area contributed by atoms with Crippen LogP contribution in [0.2, 0.25) is 5.02 Å². The fourth-order valence-corrected chi connectivity index (χ4v) is 2.23. The average molecular weight is 309 g/mol. The van der Waals surface area contributed by atoms with Gasteiger partial charge in [0.05, 0.1) is 22.2 Å². The highest BCUT2D eigenvalue weighted by atomic mass is 35.5. The van der Waals surface area contributed by atoms with Crippen molar-refractivity contribution in [2.75, 3.05) is 0 Å². The van der Waals surface area contributed by atoms with Gasteiger partial charge in [-0.15, -0.1) is 0 Å². The Bertz CT molecular complexity index is 863. The van der Waals surface area contributed by atoms with E-state index in [-0.39, 0.29) is 11.6 Å². The SMILES string of the molecule is N#Cc1cccc(C=C2N=C(c3ccccc3Cl)OC2=O)c1. The zero-order valence-electron chi connectivity index (χ0n) is 11.3. The predicted octanol–water partition coefficient (Wildman–Crippen LogP) is 3.56. The molecule has 2 aromatic rings. The average Bonchev–Trinajstić information content (AvgIpc) is 2.89. The van der Waals surface area contributed by atoms with Crippen LogP contribution in [-0.4, -0.2) is 11.9 Å². The number of aliphatic imine (C=N–C) groups is 1. The fraction of sp³-hybridized carbons (Fsp3) is 0. The van der Waals surface area contributed by atoms with Crippen molar-refractivity contribution in [3.05, 3.63) is 75.9 Å². The molecule has 0 amide bonds. The van der Waals surface area contributed by atoms with Crippen LogP contribution < -0.4 is 0 Å². The summed E-state index contributed by atoms with van der Waals surface area (Å²) in [7, 11) is 0. The molecule has 4 nitrogen and oxygen atoms in total. The van der Waals surface area contributed by atoms with Gasteiger partial charge in [-0.25, -0.2) is 9.79 Å². The van der Waals surface area contributed by atoms with Crippen molar-refractivity contribution in [2.45, 2.75) is 0 Å². The third-order valence-electron chi connectivity index (χ3n) is 3.04. The van der Waals surface area contributed by atoms with Crippen LogP contribution in [0.3, 0.4) is 0 Å². The van der Waals surface area contributed by atoms with Crippen LogP contribution in [0.25, 0.3) is 6.08 Å². The van der Waals surface area contributed by atoms with Gasteiger partial charge in [0.2, 0.25) is 5.90 Å². The maximum absolute atomic E-state index is 11.9. The van der Waals surface area contributed by atoms with Crippen molar-refractivity contribution in [3.8, 4) is 6.07 Å². The van der Waals surface area contributed by atoms with Crippen molar-refractivity contribution in [1.29, 1.82) is 5.26 Å². The fourth-order valence-electron chi connectivity index (χ4n) is 2.01. The molecule has 22 heavy (non-hydrogen) atoms. The van der Waals surface area contributed by atoms with Crippen molar-refractivity contribution in [3.63, 3.8) is 0 Å². The van der Waals surface area contributed by atoms with Gasteiger partial charge in [-0.3, -0.25) is 0 Å². The Labute approximate surface area is 131 Å². The molecule has 1 heterocycles. The highest BCUT2D eigenvalue weighted by Gasteiger charge is 2.25. The van der Waals surface area contributed by atoms with Crippen molar-refractivity contribution in [2.24, 2.45) is 4.99 Å². The van der Waals surface area contributed by atoms with E-state index in [2.05, 4.69) is 4.99 Å². The normalized spacial score (nSPS) is 15.4. The lowest BCUT2D eigenvalue weighted by Crippen LogP contribution is -2.05. The Morgan fingerprint density at radius 1 is 1.18 bits per heavy atom. The van der Waals surface area contributed by atoms with Gasteiger partial charge in [0.15, 0.2) is 5.70 Å². The number of nitrogens with zero attached hydrogens (tertiary/aromatic N) is 2. The monoisotopic (exact) mass is 308 g/mol. The van der Waals surface area contributed by atoms with E-state index in [9.17, 15) is 4.79 Å². The summed E-state index contributed by atoms with van der Waals surface area (Å²) in [5.41, 5.74) is 1.95. The van der Waals surface area contributed by atoms with Gasteiger partial charge in [0, 0.05) is 0 Å². The number of cyclic esters (lactones) is 1. The Balaban J connectivity index is 1.98. The summed E-state index contributed by atoms with van der Waals surface area (Å²) in [5.74, 6) is -0.365. The Kier molecular flexibility index (Phi) is 3.73. The van der Waals surface area contributed by atoms with E-state index in [0.717, 1.165) is 0 Å². The van der Waals surface area contributed by atoms with Gasteiger partial charge in [-0.2, -0.15) is 5.26 Å². The third-order valence-corrected chi connectivity index (χ3v) is 3.37. The topological polar surface area (TPSA) is 62.4 Å². The molecular formula is C17H9ClN2O2. The maximum Gasteiger partial charge on any atom is 0.363 e. The summed E-state index contributed by atoms with van der Waals surface area (Å²) in [6.45, 7) is 0. The van der Waals surface area contributed by atoms with Crippen LogP contribution in [0.15, 0.2) is 59.2 Å². The standard InChI is InChI=1S/C17H9ClN2O2/c18-14-7-2-1-6-13(14)16-20-15(17(21)22-16)9-11-4-3-5-12(8-11)10-19/h1-9H. The van der Waals surface area contributed by atoms with Gasteiger partial charge in [0.1, 0.15) is 0 Å². The quantitative estimate of drug-likeness (QED) is 0.629. The summed E-state index contributed by atoms with van der Waals surface area (Å²) >= 11 is 6.07. The summed E-state index contributed by atoms with van der Waals surface area (Å²) in [4.78, 5) is 16.1. The van der Waals surface area contributed by atoms with Crippen LogP contribution in [0.5, 0.6) is 0 Å². The Morgan fingerprint density at radius 2 is 2.00 bits per heavy atom. The first-order valence-corrected chi connectivity index (χ1v) is 6.83. The largest absolute Gasteiger partial charge is 0.402 e. The lowest BCUT2D eigenvalue weighted by Gasteiger charge is -2.00. The van der Waals surface area contributed by atoms with E-state index in [1.54, 1.807) is 54.6 Å². The van der Waals surface area contributed by atoms with Crippen LogP contribution in [0.1, 0.15) is 16.7 Å². The zero-order chi connectivity index (χ0) is 15.5. The molecule has 0 atom stereocenters. The van der Waals surface area contributed by atoms with Gasteiger partial charge in [-0.1, -0.05) is 35.9 Å². The van der Waals surface area contributed by atoms with Gasteiger partial charge in [-0.05, 0) is 35.9 Å². The number of hydrogen-bond acceptors (Lipinski definition) is 4. The molecule has 0 aromatic heterocycles. The molecule has 0 saturated carbocycles. The molecule has 0 N–H and O–H groups in total. The summed E-state index contributed by atoms with van der Waals surface area (Å²) in [5, 5.41) is 9.35. The number of carbonyl (C=O) groups excluding carboxylic acids is 1. The minimum absolute atomic E-state index is 0.171. The molecule has 0 saturated heterocycles. The van der Waals surface area contributed by atoms with Crippen molar-refractivity contribution in [1.82, 2.24) is 0 Å². The Morgan fingerprint density at radius 3 is 2.77 bits per heavy atom. The van der Waals surface area contributed by atoms with E-state index in [1.807, 2.05) is 6.07 Å². The van der Waals surface area contributed by atoms with Crippen LogP contribution in [0.4, 0.5) is 0 Å². The molecule has 0 fully saturated rings. The number of ether oxygens (including phenoxy) is 1. The Hall–Kier alpha value is -2.90. The van der Waals surface area contributed by atoms with E-state index < -0.39 is 5.97 Å². The highest BCUT2D eigenvalue weighted by Crippen LogP contribution is 2.23. The highest BCUT2D eigenvalue weighted by molar-refractivity contribution is 6.34. The molecule has 0 aliphatic carbocycles. The second-order valence-corrected chi connectivity index (χ2v) is 4.96. The minimum atomic E-state index is -0.544. The number of nitriles is 1. The minimum Gasteiger partial charge on any atom is -0.402 e. The van der Waals surface area contributed by atoms with E-state index in [0.29, 0.717) is 21.7 Å². The lowest BCUT2D eigenvalue weighted by molar-refractivity contribution is -0.129. The molecule has 3 rings (SSSR count). The summed E-state index contributed by atoms with van der Waals surface area (Å²) < 4.78 is 5.16. The number of benzene rings is 2. The number of carbonyl (C=O) groups is 1. The number of hydrogen-bond donors (Lipinski definition) is 0. The number of halogens is 1. The van der Waals surface area contributed by atoms with Crippen LogP contribution in [-0.2, 0) is 9.53 Å². The second-order valence-electron chi connectivity index (χ2n) is 4.55. The van der Waals surface area contributed by atoms with Gasteiger partial charge in [0.25, 0.3) is 0 Å². The third kappa shape index (κ3) is 2.76. The molecular weight excluding hydrogens is 300 g/mol. The molecule has 0 unspecified atom stereocenters. The van der Waals surface area contributed by atoms with Crippen LogP contribution in [0, 0.1) is 11.3 Å². The van der Waals surface area contributed by atoms with Gasteiger partial charge < -0.3 is 4.74 Å². The summed E-state index contributed by atoms with van der Waals surface area (Å²) in [6.07, 6.45) is 1.58. The first-order chi connectivity index (χ1) is 10.7. The second kappa shape index (κ2) is 5.84. The van der Waals surface area contributed by atoms with E-state index in [4.69, 9.17) is 21.6 Å².